The van der Waals surface area contributed by atoms with Crippen molar-refractivity contribution < 1.29 is 24.2 Å². The molecular formula is C29H25IN2O5. The number of hydrogen-bond acceptors (Lipinski definition) is 5. The van der Waals surface area contributed by atoms with E-state index in [0.29, 0.717) is 36.7 Å². The average molecular weight is 608 g/mol. The topological polar surface area (TPSA) is 109 Å². The highest BCUT2D eigenvalue weighted by Gasteiger charge is 2.16. The summed E-state index contributed by atoms with van der Waals surface area (Å²) in [6.45, 7) is 6.43. The van der Waals surface area contributed by atoms with Crippen molar-refractivity contribution >= 4 is 46.2 Å². The Labute approximate surface area is 229 Å². The van der Waals surface area contributed by atoms with E-state index < -0.39 is 11.9 Å². The van der Waals surface area contributed by atoms with Crippen molar-refractivity contribution in [2.45, 2.75) is 20.0 Å². The first-order chi connectivity index (χ1) is 17.8. The summed E-state index contributed by atoms with van der Waals surface area (Å²) in [4.78, 5) is 24.0. The summed E-state index contributed by atoms with van der Waals surface area (Å²) >= 11 is 2.25. The monoisotopic (exact) mass is 608 g/mol. The second kappa shape index (κ2) is 13.3. The first-order valence-electron chi connectivity index (χ1n) is 11.4. The number of rotatable bonds is 11. The number of aromatic carboxylic acids is 1. The highest BCUT2D eigenvalue weighted by atomic mass is 127. The Hall–Kier alpha value is -4.10. The summed E-state index contributed by atoms with van der Waals surface area (Å²) in [5.74, 6) is -0.710. The minimum absolute atomic E-state index is 0.0246. The molecule has 0 aliphatic carbocycles. The Kier molecular flexibility index (Phi) is 9.86. The van der Waals surface area contributed by atoms with Gasteiger partial charge in [-0.2, -0.15) is 5.26 Å². The molecule has 8 heteroatoms. The van der Waals surface area contributed by atoms with Crippen LogP contribution in [0.5, 0.6) is 11.5 Å². The number of carbonyl (C=O) groups is 2. The van der Waals surface area contributed by atoms with Crippen molar-refractivity contribution in [1.29, 1.82) is 5.26 Å². The molecule has 3 aromatic rings. The van der Waals surface area contributed by atoms with Crippen molar-refractivity contribution in [2.75, 3.05) is 11.9 Å². The lowest BCUT2D eigenvalue weighted by Crippen LogP contribution is -2.14. The highest BCUT2D eigenvalue weighted by molar-refractivity contribution is 14.1. The number of anilines is 1. The van der Waals surface area contributed by atoms with E-state index >= 15 is 0 Å². The minimum atomic E-state index is -1.12. The zero-order valence-corrected chi connectivity index (χ0v) is 22.3. The molecule has 0 saturated heterocycles. The van der Waals surface area contributed by atoms with Gasteiger partial charge in [0, 0.05) is 14.8 Å². The summed E-state index contributed by atoms with van der Waals surface area (Å²) in [5.41, 5.74) is 2.52. The van der Waals surface area contributed by atoms with E-state index in [1.807, 2.05) is 43.3 Å². The van der Waals surface area contributed by atoms with Gasteiger partial charge in [-0.05, 0) is 95.6 Å². The third kappa shape index (κ3) is 7.69. The molecule has 0 heterocycles. The number of nitrogens with zero attached hydrogens (tertiary/aromatic N) is 1. The SMILES string of the molecule is C=CCc1cc(/C=C(/C#N)C(=O)Nc2cccc(C(=O)O)c2)cc(OCC)c1OCc1ccc(I)cc1. The molecule has 188 valence electrons. The van der Waals surface area contributed by atoms with Gasteiger partial charge in [0.05, 0.1) is 12.2 Å². The largest absolute Gasteiger partial charge is 0.490 e. The van der Waals surface area contributed by atoms with Gasteiger partial charge < -0.3 is 19.9 Å². The fourth-order valence-electron chi connectivity index (χ4n) is 3.48. The van der Waals surface area contributed by atoms with Crippen LogP contribution in [0.25, 0.3) is 6.08 Å². The van der Waals surface area contributed by atoms with Gasteiger partial charge in [-0.1, -0.05) is 24.3 Å². The molecule has 37 heavy (non-hydrogen) atoms. The van der Waals surface area contributed by atoms with Gasteiger partial charge >= 0.3 is 5.97 Å². The van der Waals surface area contributed by atoms with Gasteiger partial charge in [-0.25, -0.2) is 4.79 Å². The predicted molar refractivity (Wildman–Crippen MR) is 151 cm³/mol. The number of allylic oxidation sites excluding steroid dienone is 1. The number of carbonyl (C=O) groups excluding carboxylic acids is 1. The lowest BCUT2D eigenvalue weighted by Gasteiger charge is -2.17. The third-order valence-corrected chi connectivity index (χ3v) is 5.88. The molecule has 0 fully saturated rings. The molecule has 0 unspecified atom stereocenters. The summed E-state index contributed by atoms with van der Waals surface area (Å²) < 4.78 is 13.1. The van der Waals surface area contributed by atoms with E-state index in [2.05, 4.69) is 34.5 Å². The Morgan fingerprint density at radius 1 is 1.14 bits per heavy atom. The van der Waals surface area contributed by atoms with Crippen molar-refractivity contribution in [3.8, 4) is 17.6 Å². The predicted octanol–water partition coefficient (Wildman–Crippen LogP) is 6.24. The summed E-state index contributed by atoms with van der Waals surface area (Å²) in [5, 5.41) is 21.4. The molecule has 0 atom stereocenters. The number of amides is 1. The molecule has 0 aliphatic heterocycles. The van der Waals surface area contributed by atoms with Crippen molar-refractivity contribution in [3.05, 3.63) is 105 Å². The fourth-order valence-corrected chi connectivity index (χ4v) is 3.84. The van der Waals surface area contributed by atoms with Gasteiger partial charge in [0.15, 0.2) is 11.5 Å². The highest BCUT2D eigenvalue weighted by Crippen LogP contribution is 2.35. The van der Waals surface area contributed by atoms with Crippen LogP contribution in [0.2, 0.25) is 0 Å². The van der Waals surface area contributed by atoms with Crippen LogP contribution in [0.4, 0.5) is 5.69 Å². The number of nitriles is 1. The lowest BCUT2D eigenvalue weighted by atomic mass is 10.0. The molecular weight excluding hydrogens is 583 g/mol. The van der Waals surface area contributed by atoms with Crippen LogP contribution >= 0.6 is 22.6 Å². The first kappa shape index (κ1) is 27.5. The molecule has 0 aromatic heterocycles. The Morgan fingerprint density at radius 3 is 2.54 bits per heavy atom. The van der Waals surface area contributed by atoms with Gasteiger partial charge in [-0.15, -0.1) is 6.58 Å². The van der Waals surface area contributed by atoms with E-state index in [9.17, 15) is 14.9 Å². The van der Waals surface area contributed by atoms with E-state index in [4.69, 9.17) is 14.6 Å². The normalized spacial score (nSPS) is 10.8. The molecule has 0 spiro atoms. The number of ether oxygens (including phenoxy) is 2. The molecule has 3 rings (SSSR count). The Balaban J connectivity index is 1.92. The summed E-state index contributed by atoms with van der Waals surface area (Å²) in [6.07, 6.45) is 3.68. The number of carboxylic acids is 1. The maximum atomic E-state index is 12.8. The molecule has 1 amide bonds. The van der Waals surface area contributed by atoms with Crippen LogP contribution in [-0.2, 0) is 17.8 Å². The first-order valence-corrected chi connectivity index (χ1v) is 12.5. The number of hydrogen-bond donors (Lipinski definition) is 2. The molecule has 7 nitrogen and oxygen atoms in total. The van der Waals surface area contributed by atoms with Gasteiger partial charge in [0.2, 0.25) is 0 Å². The molecule has 0 bridgehead atoms. The number of benzene rings is 3. The standard InChI is InChI=1S/C29H25IN2O5/c1-3-6-21-13-20(14-23(17-31)28(33)32-25-8-5-7-22(16-25)29(34)35)15-26(36-4-2)27(21)37-18-19-9-11-24(30)12-10-19/h3,5,7-16H,1,4,6,18H2,2H3,(H,32,33)(H,34,35)/b23-14-. The Bertz CT molecular complexity index is 1370. The smallest absolute Gasteiger partial charge is 0.335 e. The summed E-state index contributed by atoms with van der Waals surface area (Å²) in [7, 11) is 0. The second-order valence-corrected chi connectivity index (χ2v) is 9.10. The average Bonchev–Trinajstić information content (AvgIpc) is 2.88. The van der Waals surface area contributed by atoms with Crippen LogP contribution in [0.1, 0.15) is 34.0 Å². The number of nitrogens with one attached hydrogen (secondary N) is 1. The lowest BCUT2D eigenvalue weighted by molar-refractivity contribution is -0.112. The minimum Gasteiger partial charge on any atom is -0.490 e. The zero-order valence-electron chi connectivity index (χ0n) is 20.2. The van der Waals surface area contributed by atoms with Crippen LogP contribution in [0.3, 0.4) is 0 Å². The van der Waals surface area contributed by atoms with Gasteiger partial charge in [-0.3, -0.25) is 4.79 Å². The molecule has 2 N–H and O–H groups in total. The van der Waals surface area contributed by atoms with Crippen molar-refractivity contribution in [1.82, 2.24) is 0 Å². The maximum absolute atomic E-state index is 12.8. The molecule has 0 saturated carbocycles. The third-order valence-electron chi connectivity index (χ3n) is 5.16. The molecule has 0 radical (unpaired) electrons. The van der Waals surface area contributed by atoms with E-state index in [1.54, 1.807) is 18.2 Å². The van der Waals surface area contributed by atoms with Gasteiger partial charge in [0.1, 0.15) is 18.2 Å². The number of halogens is 1. The molecule has 3 aromatic carbocycles. The molecule has 0 aliphatic rings. The maximum Gasteiger partial charge on any atom is 0.335 e. The van der Waals surface area contributed by atoms with E-state index in [-0.39, 0.29) is 16.8 Å². The fraction of sp³-hybridized carbons (Fsp3) is 0.138. The second-order valence-electron chi connectivity index (χ2n) is 7.86. The van der Waals surface area contributed by atoms with Crippen LogP contribution in [-0.4, -0.2) is 23.6 Å². The number of carboxylic acid groups (broad SMARTS) is 1. The zero-order chi connectivity index (χ0) is 26.8. The van der Waals surface area contributed by atoms with Crippen molar-refractivity contribution in [3.63, 3.8) is 0 Å². The van der Waals surface area contributed by atoms with Crippen LogP contribution < -0.4 is 14.8 Å². The van der Waals surface area contributed by atoms with Crippen molar-refractivity contribution in [2.24, 2.45) is 0 Å². The Morgan fingerprint density at radius 2 is 1.89 bits per heavy atom. The van der Waals surface area contributed by atoms with E-state index in [1.165, 1.54) is 24.3 Å². The van der Waals surface area contributed by atoms with Crippen LogP contribution in [0.15, 0.2) is 78.9 Å². The summed E-state index contributed by atoms with van der Waals surface area (Å²) in [6, 6.07) is 19.3. The van der Waals surface area contributed by atoms with Gasteiger partial charge in [0.25, 0.3) is 5.91 Å². The van der Waals surface area contributed by atoms with Crippen LogP contribution in [0, 0.1) is 14.9 Å². The van der Waals surface area contributed by atoms with E-state index in [0.717, 1.165) is 14.7 Å². The quantitative estimate of drug-likeness (QED) is 0.116.